The molecule has 1 amide bonds. The van der Waals surface area contributed by atoms with E-state index in [1.165, 1.54) is 4.31 Å². The number of carbonyl (C=O) groups is 1. The maximum absolute atomic E-state index is 12.4. The Labute approximate surface area is 145 Å². The zero-order valence-corrected chi connectivity index (χ0v) is 16.0. The molecule has 3 N–H and O–H groups in total. The van der Waals surface area contributed by atoms with E-state index in [9.17, 15) is 13.2 Å². The van der Waals surface area contributed by atoms with Crippen LogP contribution in [0.1, 0.15) is 40.2 Å². The van der Waals surface area contributed by atoms with Crippen LogP contribution in [-0.4, -0.2) is 37.8 Å². The molecule has 1 aromatic carbocycles. The largest absolute Gasteiger partial charge is 0.351 e. The van der Waals surface area contributed by atoms with Gasteiger partial charge in [0.2, 0.25) is 15.9 Å². The summed E-state index contributed by atoms with van der Waals surface area (Å²) in [4.78, 5) is 12.3. The van der Waals surface area contributed by atoms with E-state index < -0.39 is 16.1 Å². The topological polar surface area (TPSA) is 92.5 Å². The minimum absolute atomic E-state index is 0.220. The van der Waals surface area contributed by atoms with E-state index in [0.717, 1.165) is 5.56 Å². The van der Waals surface area contributed by atoms with Crippen molar-refractivity contribution in [2.75, 3.05) is 13.1 Å². The lowest BCUT2D eigenvalue weighted by molar-refractivity contribution is -0.124. The quantitative estimate of drug-likeness (QED) is 0.779. The Morgan fingerprint density at radius 2 is 1.67 bits per heavy atom. The van der Waals surface area contributed by atoms with E-state index in [1.54, 1.807) is 24.3 Å². The van der Waals surface area contributed by atoms with Crippen LogP contribution < -0.4 is 11.1 Å². The van der Waals surface area contributed by atoms with E-state index in [2.05, 4.69) is 5.32 Å². The summed E-state index contributed by atoms with van der Waals surface area (Å²) in [6.07, 6.45) is 0. The Balaban J connectivity index is 2.77. The van der Waals surface area contributed by atoms with Crippen LogP contribution in [0.5, 0.6) is 0 Å². The number of nitrogens with two attached hydrogens (primary N) is 1. The number of carbonyl (C=O) groups excluding carboxylic acids is 1. The van der Waals surface area contributed by atoms with Crippen LogP contribution in [0.3, 0.4) is 0 Å². The van der Waals surface area contributed by atoms with Gasteiger partial charge in [-0.05, 0) is 23.1 Å². The Kier molecular flexibility index (Phi) is 6.95. The summed E-state index contributed by atoms with van der Waals surface area (Å²) < 4.78 is 26.2. The van der Waals surface area contributed by atoms with E-state index in [-0.39, 0.29) is 16.2 Å². The number of benzene rings is 1. The molecule has 0 aliphatic carbocycles. The van der Waals surface area contributed by atoms with Crippen LogP contribution in [0.2, 0.25) is 0 Å². The molecule has 0 bridgehead atoms. The summed E-state index contributed by atoms with van der Waals surface area (Å²) in [7, 11) is -3.46. The van der Waals surface area contributed by atoms with Gasteiger partial charge in [0.1, 0.15) is 0 Å². The normalized spacial score (nSPS) is 13.8. The van der Waals surface area contributed by atoms with Crippen molar-refractivity contribution in [3.8, 4) is 0 Å². The fourth-order valence-electron chi connectivity index (χ4n) is 2.18. The number of sulfonamides is 1. The first kappa shape index (κ1) is 20.6. The van der Waals surface area contributed by atoms with Crippen molar-refractivity contribution in [3.05, 3.63) is 29.8 Å². The van der Waals surface area contributed by atoms with Crippen LogP contribution in [0.4, 0.5) is 0 Å². The first-order valence-electron chi connectivity index (χ1n) is 8.16. The van der Waals surface area contributed by atoms with Gasteiger partial charge in [-0.2, -0.15) is 4.31 Å². The molecule has 0 radical (unpaired) electrons. The standard InChI is InChI=1S/C17H29N3O3S/c1-6-20(7-2)24(22,23)14-10-8-13(9-11-14)12-19-16(21)15(18)17(3,4)5/h8-11,15H,6-7,12,18H2,1-5H3,(H,19,21)/t15-/m1/s1. The van der Waals surface area contributed by atoms with Crippen molar-refractivity contribution in [1.29, 1.82) is 0 Å². The van der Waals surface area contributed by atoms with Gasteiger partial charge in [-0.1, -0.05) is 46.8 Å². The molecule has 6 nitrogen and oxygen atoms in total. The molecular weight excluding hydrogens is 326 g/mol. The predicted molar refractivity (Wildman–Crippen MR) is 95.8 cm³/mol. The molecule has 0 unspecified atom stereocenters. The molecule has 0 fully saturated rings. The molecule has 0 aliphatic heterocycles. The maximum Gasteiger partial charge on any atom is 0.243 e. The van der Waals surface area contributed by atoms with E-state index in [4.69, 9.17) is 5.73 Å². The average Bonchev–Trinajstić information content (AvgIpc) is 2.52. The summed E-state index contributed by atoms with van der Waals surface area (Å²) in [5.41, 5.74) is 6.42. The lowest BCUT2D eigenvalue weighted by atomic mass is 9.87. The molecule has 1 rings (SSSR count). The summed E-state index contributed by atoms with van der Waals surface area (Å²) in [5, 5.41) is 2.78. The van der Waals surface area contributed by atoms with Gasteiger partial charge < -0.3 is 11.1 Å². The number of amides is 1. The first-order chi connectivity index (χ1) is 11.0. The highest BCUT2D eigenvalue weighted by atomic mass is 32.2. The monoisotopic (exact) mass is 355 g/mol. The zero-order valence-electron chi connectivity index (χ0n) is 15.2. The van der Waals surface area contributed by atoms with Crippen molar-refractivity contribution in [2.45, 2.75) is 52.1 Å². The molecular formula is C17H29N3O3S. The Hall–Kier alpha value is -1.44. The van der Waals surface area contributed by atoms with Gasteiger partial charge in [-0.25, -0.2) is 8.42 Å². The fourth-order valence-corrected chi connectivity index (χ4v) is 3.64. The minimum atomic E-state index is -3.46. The van der Waals surface area contributed by atoms with Gasteiger partial charge in [0.05, 0.1) is 10.9 Å². The SMILES string of the molecule is CCN(CC)S(=O)(=O)c1ccc(CNC(=O)[C@@H](N)C(C)(C)C)cc1. The molecule has 24 heavy (non-hydrogen) atoms. The van der Waals surface area contributed by atoms with Gasteiger partial charge in [0.25, 0.3) is 0 Å². The van der Waals surface area contributed by atoms with Crippen molar-refractivity contribution < 1.29 is 13.2 Å². The van der Waals surface area contributed by atoms with Crippen LogP contribution in [0.25, 0.3) is 0 Å². The number of nitrogens with one attached hydrogen (secondary N) is 1. The highest BCUT2D eigenvalue weighted by molar-refractivity contribution is 7.89. The Bertz CT molecular complexity index is 645. The van der Waals surface area contributed by atoms with Crippen molar-refractivity contribution in [1.82, 2.24) is 9.62 Å². The fraction of sp³-hybridized carbons (Fsp3) is 0.588. The van der Waals surface area contributed by atoms with Gasteiger partial charge in [-0.3, -0.25) is 4.79 Å². The third-order valence-electron chi connectivity index (χ3n) is 3.95. The maximum atomic E-state index is 12.4. The smallest absolute Gasteiger partial charge is 0.243 e. The molecule has 0 heterocycles. The molecule has 0 aromatic heterocycles. The van der Waals surface area contributed by atoms with E-state index in [1.807, 2.05) is 34.6 Å². The lowest BCUT2D eigenvalue weighted by Crippen LogP contribution is -2.48. The summed E-state index contributed by atoms with van der Waals surface area (Å²) in [6.45, 7) is 10.5. The Morgan fingerprint density at radius 1 is 1.17 bits per heavy atom. The summed E-state index contributed by atoms with van der Waals surface area (Å²) in [5.74, 6) is -0.220. The summed E-state index contributed by atoms with van der Waals surface area (Å²) in [6, 6.07) is 5.95. The minimum Gasteiger partial charge on any atom is -0.351 e. The molecule has 7 heteroatoms. The number of hydrogen-bond acceptors (Lipinski definition) is 4. The number of rotatable bonds is 7. The first-order valence-corrected chi connectivity index (χ1v) is 9.60. The second-order valence-corrected chi connectivity index (χ2v) is 8.73. The molecule has 0 aliphatic rings. The third kappa shape index (κ3) is 5.03. The molecule has 0 spiro atoms. The molecule has 1 atom stereocenters. The van der Waals surface area contributed by atoms with Gasteiger partial charge in [-0.15, -0.1) is 0 Å². The second kappa shape index (κ2) is 8.09. The molecule has 136 valence electrons. The molecule has 1 aromatic rings. The van der Waals surface area contributed by atoms with Crippen LogP contribution in [0.15, 0.2) is 29.2 Å². The van der Waals surface area contributed by atoms with Gasteiger partial charge >= 0.3 is 0 Å². The zero-order chi connectivity index (χ0) is 18.5. The van der Waals surface area contributed by atoms with Crippen molar-refractivity contribution in [2.24, 2.45) is 11.1 Å². The molecule has 0 saturated carbocycles. The van der Waals surface area contributed by atoms with Crippen LogP contribution in [0, 0.1) is 5.41 Å². The van der Waals surface area contributed by atoms with Crippen molar-refractivity contribution >= 4 is 15.9 Å². The average molecular weight is 356 g/mol. The predicted octanol–water partition coefficient (Wildman–Crippen LogP) is 1.71. The van der Waals surface area contributed by atoms with E-state index in [0.29, 0.717) is 19.6 Å². The van der Waals surface area contributed by atoms with Crippen molar-refractivity contribution in [3.63, 3.8) is 0 Å². The molecule has 0 saturated heterocycles. The number of hydrogen-bond donors (Lipinski definition) is 2. The summed E-state index contributed by atoms with van der Waals surface area (Å²) >= 11 is 0. The number of nitrogens with zero attached hydrogens (tertiary/aromatic N) is 1. The van der Waals surface area contributed by atoms with Crippen LogP contribution in [-0.2, 0) is 21.4 Å². The third-order valence-corrected chi connectivity index (χ3v) is 6.01. The highest BCUT2D eigenvalue weighted by Crippen LogP contribution is 2.18. The Morgan fingerprint density at radius 3 is 2.08 bits per heavy atom. The van der Waals surface area contributed by atoms with Gasteiger partial charge in [0.15, 0.2) is 0 Å². The highest BCUT2D eigenvalue weighted by Gasteiger charge is 2.27. The lowest BCUT2D eigenvalue weighted by Gasteiger charge is -2.25. The van der Waals surface area contributed by atoms with E-state index >= 15 is 0 Å². The van der Waals surface area contributed by atoms with Gasteiger partial charge in [0, 0.05) is 19.6 Å². The second-order valence-electron chi connectivity index (χ2n) is 6.79. The van der Waals surface area contributed by atoms with Crippen LogP contribution >= 0.6 is 0 Å².